The molecule has 1 amide bonds. The fourth-order valence-electron chi connectivity index (χ4n) is 3.93. The maximum absolute atomic E-state index is 10.6. The van der Waals surface area contributed by atoms with Gasteiger partial charge in [0.05, 0.1) is 27.1 Å². The van der Waals surface area contributed by atoms with Crippen LogP contribution in [0.25, 0.3) is 0 Å². The van der Waals surface area contributed by atoms with Gasteiger partial charge in [-0.2, -0.15) is 0 Å². The highest BCUT2D eigenvalue weighted by molar-refractivity contribution is 5.73. The van der Waals surface area contributed by atoms with Gasteiger partial charge in [-0.05, 0) is 26.9 Å². The molecule has 0 aliphatic carbocycles. The minimum Gasteiger partial charge on any atom is -0.544 e. The lowest BCUT2D eigenvalue weighted by molar-refractivity contribution is -0.864. The van der Waals surface area contributed by atoms with Crippen LogP contribution in [0.5, 0.6) is 0 Å². The van der Waals surface area contributed by atoms with E-state index in [9.17, 15) is 19.5 Å². The molecule has 0 spiro atoms. The Kier molecular flexibility index (Phi) is 30.4. The molecule has 0 rings (SSSR count). The zero-order valence-electron chi connectivity index (χ0n) is 26.1. The van der Waals surface area contributed by atoms with E-state index in [4.69, 9.17) is 10.8 Å². The van der Waals surface area contributed by atoms with E-state index >= 15 is 0 Å². The fourth-order valence-corrected chi connectivity index (χ4v) is 3.93. The number of nitrogens with zero attached hydrogens (tertiary/aromatic N) is 2. The second kappa shape index (κ2) is 28.3. The molecule has 1 atom stereocenters. The third-order valence-electron chi connectivity index (χ3n) is 6.10. The number of nitrogens with two attached hydrogens (primary N) is 1. The highest BCUT2D eigenvalue weighted by atomic mass is 16.4. The number of amides is 1. The molecule has 0 heterocycles. The first-order valence-corrected chi connectivity index (χ1v) is 15.0. The maximum Gasteiger partial charge on any atom is 0.320 e. The average Bonchev–Trinajstić information content (AvgIpc) is 2.78. The number of unbranched alkanes of at least 4 members (excludes halogenated alkanes) is 14. The predicted molar refractivity (Wildman–Crippen MR) is 157 cm³/mol. The van der Waals surface area contributed by atoms with Crippen LogP contribution < -0.4 is 10.8 Å². The second-order valence-electron chi connectivity index (χ2n) is 11.6. The van der Waals surface area contributed by atoms with Crippen molar-refractivity contribution in [3.63, 3.8) is 0 Å². The summed E-state index contributed by atoms with van der Waals surface area (Å²) in [5, 5.41) is 18.5. The van der Waals surface area contributed by atoms with Crippen molar-refractivity contribution in [2.45, 2.75) is 135 Å². The third-order valence-corrected chi connectivity index (χ3v) is 6.10. The van der Waals surface area contributed by atoms with Crippen molar-refractivity contribution in [2.24, 2.45) is 5.73 Å². The molecule has 0 aliphatic heterocycles. The third kappa shape index (κ3) is 38.9. The van der Waals surface area contributed by atoms with Crippen LogP contribution in [0.2, 0.25) is 0 Å². The number of aliphatic carboxylic acids is 2. The van der Waals surface area contributed by atoms with E-state index < -0.39 is 11.9 Å². The first-order chi connectivity index (χ1) is 17.8. The summed E-state index contributed by atoms with van der Waals surface area (Å²) in [5.74, 6) is -1.89. The fraction of sp³-hybridized carbons (Fsp3) is 0.900. The van der Waals surface area contributed by atoms with Gasteiger partial charge in [0, 0.05) is 6.42 Å². The van der Waals surface area contributed by atoms with Gasteiger partial charge in [-0.15, -0.1) is 0 Å². The molecule has 228 valence electrons. The summed E-state index contributed by atoms with van der Waals surface area (Å²) in [5.41, 5.74) is 5.11. The van der Waals surface area contributed by atoms with E-state index in [1.807, 2.05) is 6.92 Å². The van der Waals surface area contributed by atoms with Gasteiger partial charge in [-0.1, -0.05) is 110 Å². The molecule has 0 fully saturated rings. The van der Waals surface area contributed by atoms with Gasteiger partial charge in [-0.25, -0.2) is 0 Å². The Labute approximate surface area is 234 Å². The number of hydrogen-bond acceptors (Lipinski definition) is 5. The van der Waals surface area contributed by atoms with Crippen LogP contribution in [-0.4, -0.2) is 80.2 Å². The first kappa shape index (κ1) is 40.8. The van der Waals surface area contributed by atoms with E-state index in [-0.39, 0.29) is 18.5 Å². The van der Waals surface area contributed by atoms with Crippen molar-refractivity contribution in [3.8, 4) is 0 Å². The molecule has 8 heteroatoms. The Bertz CT molecular complexity index is 563. The summed E-state index contributed by atoms with van der Waals surface area (Å²) >= 11 is 0. The highest BCUT2D eigenvalue weighted by Gasteiger charge is 2.17. The number of carbonyl (C=O) groups is 3. The summed E-state index contributed by atoms with van der Waals surface area (Å²) < 4.78 is 0.419. The number of quaternary nitrogens is 1. The molecule has 0 bridgehead atoms. The molecular weight excluding hydrogens is 482 g/mol. The average molecular weight is 546 g/mol. The van der Waals surface area contributed by atoms with Gasteiger partial charge in [0.2, 0.25) is 5.91 Å². The molecule has 3 N–H and O–H groups in total. The number of hydrogen-bond donors (Lipinski definition) is 2. The summed E-state index contributed by atoms with van der Waals surface area (Å²) in [4.78, 5) is 32.7. The van der Waals surface area contributed by atoms with E-state index in [0.717, 1.165) is 19.3 Å². The standard InChI is InChI=1S/C18H37NO.C7H15NO2.C5H11NO2/c1-2-3-4-5-6-7-8-9-10-11-12-13-14-15-16-17-18(19)20;1-4-5-6(7(9)10)8(2)3;1-6(2,3)4-5(7)8/h2-17H2,1H3,(H2,19,20);6H,4-5H2,1-3H3,(H,9,10);4H2,1-3H3. The smallest absolute Gasteiger partial charge is 0.320 e. The second-order valence-corrected chi connectivity index (χ2v) is 11.6. The maximum atomic E-state index is 10.6. The molecule has 0 radical (unpaired) electrons. The normalized spacial score (nSPS) is 11.7. The molecule has 0 saturated heterocycles. The summed E-state index contributed by atoms with van der Waals surface area (Å²) in [6.45, 7) is 4.33. The minimum absolute atomic E-state index is 0.0694. The van der Waals surface area contributed by atoms with E-state index in [2.05, 4.69) is 6.92 Å². The molecule has 0 aromatic rings. The zero-order valence-corrected chi connectivity index (χ0v) is 26.1. The lowest BCUT2D eigenvalue weighted by Crippen LogP contribution is -2.45. The van der Waals surface area contributed by atoms with Crippen molar-refractivity contribution in [1.82, 2.24) is 4.90 Å². The predicted octanol–water partition coefficient (Wildman–Crippen LogP) is 4.98. The molecule has 1 unspecified atom stereocenters. The van der Waals surface area contributed by atoms with Gasteiger partial charge < -0.3 is 25.2 Å². The zero-order chi connectivity index (χ0) is 29.8. The lowest BCUT2D eigenvalue weighted by atomic mass is 10.0. The molecule has 0 aliphatic rings. The number of carbonyl (C=O) groups excluding carboxylic acids is 2. The van der Waals surface area contributed by atoms with Crippen molar-refractivity contribution in [2.75, 3.05) is 41.8 Å². The molecule has 0 aromatic carbocycles. The first-order valence-electron chi connectivity index (χ1n) is 15.0. The van der Waals surface area contributed by atoms with Crippen LogP contribution in [0.3, 0.4) is 0 Å². The van der Waals surface area contributed by atoms with Crippen molar-refractivity contribution in [1.29, 1.82) is 0 Å². The molecule has 0 saturated carbocycles. The van der Waals surface area contributed by atoms with Crippen LogP contribution in [0.1, 0.15) is 129 Å². The molecule has 0 aromatic heterocycles. The quantitative estimate of drug-likeness (QED) is 0.146. The van der Waals surface area contributed by atoms with E-state index in [1.54, 1.807) is 40.1 Å². The Hall–Kier alpha value is -1.67. The minimum atomic E-state index is -1.00. The molecular formula is C30H63N3O5. The van der Waals surface area contributed by atoms with Crippen molar-refractivity contribution < 1.29 is 29.1 Å². The van der Waals surface area contributed by atoms with Gasteiger partial charge in [0.1, 0.15) is 12.6 Å². The number of carboxylic acids is 2. The van der Waals surface area contributed by atoms with Gasteiger partial charge in [0.25, 0.3) is 0 Å². The Morgan fingerprint density at radius 3 is 1.29 bits per heavy atom. The summed E-state index contributed by atoms with van der Waals surface area (Å²) in [6.07, 6.45) is 22.5. The van der Waals surface area contributed by atoms with E-state index in [1.165, 1.54) is 89.9 Å². The molecule has 38 heavy (non-hydrogen) atoms. The summed E-state index contributed by atoms with van der Waals surface area (Å²) in [6, 6.07) is -0.315. The highest BCUT2D eigenvalue weighted by Crippen LogP contribution is 2.13. The van der Waals surface area contributed by atoms with Crippen LogP contribution in [0.4, 0.5) is 0 Å². The van der Waals surface area contributed by atoms with Crippen LogP contribution in [-0.2, 0) is 14.4 Å². The number of rotatable bonds is 22. The van der Waals surface area contributed by atoms with Crippen LogP contribution in [0, 0.1) is 0 Å². The van der Waals surface area contributed by atoms with Gasteiger partial charge >= 0.3 is 5.97 Å². The van der Waals surface area contributed by atoms with Gasteiger partial charge in [0.15, 0.2) is 0 Å². The largest absolute Gasteiger partial charge is 0.544 e. The number of likely N-dealkylation sites (N-methyl/N-ethyl adjacent to an activating group) is 2. The SMILES string of the molecule is CCCC(C(=O)O)N(C)C.CCCCCCCCCCCCCCCCCC(N)=O.C[N+](C)(C)CC(=O)[O-]. The monoisotopic (exact) mass is 545 g/mol. The Morgan fingerprint density at radius 1 is 0.737 bits per heavy atom. The topological polar surface area (TPSA) is 124 Å². The lowest BCUT2D eigenvalue weighted by Gasteiger charge is -2.23. The Balaban J connectivity index is -0.000000564. The van der Waals surface area contributed by atoms with Crippen molar-refractivity contribution >= 4 is 17.8 Å². The van der Waals surface area contributed by atoms with Crippen LogP contribution >= 0.6 is 0 Å². The van der Waals surface area contributed by atoms with Gasteiger partial charge in [-0.3, -0.25) is 14.5 Å². The molecule has 8 nitrogen and oxygen atoms in total. The van der Waals surface area contributed by atoms with E-state index in [0.29, 0.717) is 10.9 Å². The summed E-state index contributed by atoms with van der Waals surface area (Å²) in [7, 11) is 8.98. The Morgan fingerprint density at radius 2 is 1.11 bits per heavy atom. The number of primary amides is 1. The van der Waals surface area contributed by atoms with Crippen LogP contribution in [0.15, 0.2) is 0 Å². The number of carboxylic acid groups (broad SMARTS) is 2. The van der Waals surface area contributed by atoms with Crippen molar-refractivity contribution in [3.05, 3.63) is 0 Å².